The number of allylic oxidation sites excluding steroid dienone is 2. The monoisotopic (exact) mass is 1070 g/mol. The Morgan fingerprint density at radius 2 is 1.04 bits per heavy atom. The lowest BCUT2D eigenvalue weighted by Crippen LogP contribution is -2.19. The van der Waals surface area contributed by atoms with E-state index in [0.717, 1.165) is 144 Å². The first-order valence-corrected chi connectivity index (χ1v) is 28.6. The Labute approximate surface area is 482 Å². The van der Waals surface area contributed by atoms with E-state index in [2.05, 4.69) is 304 Å². The van der Waals surface area contributed by atoms with Crippen LogP contribution in [0.2, 0.25) is 0 Å². The summed E-state index contributed by atoms with van der Waals surface area (Å²) in [5.41, 5.74) is 18.5. The highest BCUT2D eigenvalue weighted by Crippen LogP contribution is 2.56. The molecule has 14 aromatic rings. The van der Waals surface area contributed by atoms with Crippen molar-refractivity contribution in [1.29, 1.82) is 0 Å². The number of rotatable bonds is 10. The number of hydrogen-bond acceptors (Lipinski definition) is 5. The summed E-state index contributed by atoms with van der Waals surface area (Å²) in [6.07, 6.45) is 6.84. The van der Waals surface area contributed by atoms with Crippen molar-refractivity contribution in [2.24, 2.45) is 4.99 Å². The molecule has 0 bridgehead atoms. The number of anilines is 4. The molecule has 0 radical (unpaired) electrons. The number of nitrogens with zero attached hydrogens (tertiary/aromatic N) is 3. The predicted octanol–water partition coefficient (Wildman–Crippen LogP) is 21.5. The molecule has 5 heteroatoms. The van der Waals surface area contributed by atoms with E-state index in [9.17, 15) is 0 Å². The molecule has 83 heavy (non-hydrogen) atoms. The van der Waals surface area contributed by atoms with Crippen LogP contribution in [0.15, 0.2) is 293 Å². The summed E-state index contributed by atoms with van der Waals surface area (Å²) >= 11 is 0. The molecule has 15 rings (SSSR count). The molecule has 0 N–H and O–H groups in total. The van der Waals surface area contributed by atoms with Crippen LogP contribution in [0.5, 0.6) is 0 Å². The van der Waals surface area contributed by atoms with Crippen LogP contribution in [0.4, 0.5) is 28.4 Å². The van der Waals surface area contributed by atoms with Gasteiger partial charge in [0.2, 0.25) is 0 Å². The van der Waals surface area contributed by atoms with Gasteiger partial charge in [0.15, 0.2) is 5.58 Å². The second-order valence-corrected chi connectivity index (χ2v) is 22.5. The van der Waals surface area contributed by atoms with Crippen LogP contribution in [0.1, 0.15) is 43.0 Å². The molecule has 12 aromatic carbocycles. The molecular formula is C78H57N3O2. The SMILES string of the molecule is CC(C)(C)c1ccc2c(c1)oc1c2c(/C(=N/c2ccccc2)c2ccccc2)cc2c(-c3ccccc3)c(-c3ccccc3)c3c(N4C=C(c5ccccc5)C=CC4)cc4oc5c(N(c6ccccc6)c6ccccc6)cccc5c4c3c21. The van der Waals surface area contributed by atoms with Crippen LogP contribution in [-0.2, 0) is 5.41 Å². The summed E-state index contributed by atoms with van der Waals surface area (Å²) < 4.78 is 15.4. The smallest absolute Gasteiger partial charge is 0.159 e. The summed E-state index contributed by atoms with van der Waals surface area (Å²) in [5.74, 6) is 0. The fraction of sp³-hybridized carbons (Fsp3) is 0.0641. The zero-order valence-electron chi connectivity index (χ0n) is 46.4. The largest absolute Gasteiger partial charge is 0.455 e. The van der Waals surface area contributed by atoms with Crippen molar-refractivity contribution in [2.45, 2.75) is 26.2 Å². The van der Waals surface area contributed by atoms with Gasteiger partial charge in [-0.05, 0) is 98.8 Å². The minimum Gasteiger partial charge on any atom is -0.455 e. The van der Waals surface area contributed by atoms with Gasteiger partial charge < -0.3 is 18.6 Å². The van der Waals surface area contributed by atoms with E-state index < -0.39 is 0 Å². The van der Waals surface area contributed by atoms with Gasteiger partial charge in [0.1, 0.15) is 16.7 Å². The van der Waals surface area contributed by atoms with E-state index in [1.165, 1.54) is 5.56 Å². The molecule has 0 aliphatic carbocycles. The summed E-state index contributed by atoms with van der Waals surface area (Å²) in [7, 11) is 0. The molecule has 5 nitrogen and oxygen atoms in total. The van der Waals surface area contributed by atoms with Gasteiger partial charge in [-0.25, -0.2) is 4.99 Å². The zero-order valence-corrected chi connectivity index (χ0v) is 46.4. The number of para-hydroxylation sites is 4. The van der Waals surface area contributed by atoms with Crippen molar-refractivity contribution >= 4 is 105 Å². The van der Waals surface area contributed by atoms with Crippen LogP contribution in [0.3, 0.4) is 0 Å². The maximum atomic E-state index is 7.77. The average molecular weight is 1070 g/mol. The number of fused-ring (bicyclic) bond motifs is 11. The second-order valence-electron chi connectivity index (χ2n) is 22.5. The lowest BCUT2D eigenvalue weighted by Gasteiger charge is -2.28. The van der Waals surface area contributed by atoms with Crippen LogP contribution in [0, 0.1) is 0 Å². The van der Waals surface area contributed by atoms with Gasteiger partial charge in [0.25, 0.3) is 0 Å². The van der Waals surface area contributed by atoms with E-state index in [1.807, 2.05) is 6.07 Å². The minimum absolute atomic E-state index is 0.142. The van der Waals surface area contributed by atoms with E-state index in [0.29, 0.717) is 6.54 Å². The zero-order chi connectivity index (χ0) is 55.6. The summed E-state index contributed by atoms with van der Waals surface area (Å²) in [4.78, 5) is 10.4. The Morgan fingerprint density at radius 1 is 0.458 bits per heavy atom. The van der Waals surface area contributed by atoms with E-state index in [-0.39, 0.29) is 5.41 Å². The Balaban J connectivity index is 1.21. The van der Waals surface area contributed by atoms with Crippen molar-refractivity contribution < 1.29 is 8.83 Å². The van der Waals surface area contributed by atoms with Gasteiger partial charge >= 0.3 is 0 Å². The summed E-state index contributed by atoms with van der Waals surface area (Å²) in [6.45, 7) is 7.44. The lowest BCUT2D eigenvalue weighted by atomic mass is 9.81. The first kappa shape index (κ1) is 49.5. The third-order valence-corrected chi connectivity index (χ3v) is 16.4. The average Bonchev–Trinajstić information content (AvgIpc) is 2.06. The molecule has 0 unspecified atom stereocenters. The Morgan fingerprint density at radius 3 is 1.67 bits per heavy atom. The van der Waals surface area contributed by atoms with Gasteiger partial charge in [-0.2, -0.15) is 0 Å². The molecule has 0 atom stereocenters. The summed E-state index contributed by atoms with van der Waals surface area (Å²) in [6, 6.07) is 93.0. The first-order valence-electron chi connectivity index (χ1n) is 28.6. The molecule has 396 valence electrons. The van der Waals surface area contributed by atoms with Crippen LogP contribution in [0.25, 0.3) is 93.2 Å². The Bertz CT molecular complexity index is 4830. The predicted molar refractivity (Wildman–Crippen MR) is 349 cm³/mol. The van der Waals surface area contributed by atoms with Crippen LogP contribution < -0.4 is 9.80 Å². The molecular weight excluding hydrogens is 1010 g/mol. The number of benzene rings is 12. The lowest BCUT2D eigenvalue weighted by molar-refractivity contribution is 0.588. The van der Waals surface area contributed by atoms with Crippen LogP contribution >= 0.6 is 0 Å². The maximum Gasteiger partial charge on any atom is 0.159 e. The Kier molecular flexibility index (Phi) is 12.1. The standard InChI is InChI=1S/C78H57N3O2/c1-78(2,3)56-44-45-60-66(47-56)82-77-70(60)63(75(54-33-17-7-18-34-54)79-57-36-19-8-20-37-57)48-62-68(52-29-13-5-14-30-52)69(53-31-15-6-16-32-53)73-65(80-46-26-35-55(50-80)51-27-11-4-12-28-51)49-67-71(74(73)72(62)77)61-42-25-43-64(76(61)83-67)81(58-38-21-9-22-39-58)59-40-23-10-24-41-59/h4-45,47-50H,46H2,1-3H3/b79-75+. The fourth-order valence-electron chi connectivity index (χ4n) is 12.6. The number of hydrogen-bond donors (Lipinski definition) is 0. The third kappa shape index (κ3) is 8.59. The molecule has 3 heterocycles. The Hall–Kier alpha value is -10.5. The highest BCUT2D eigenvalue weighted by molar-refractivity contribution is 6.41. The fourth-order valence-corrected chi connectivity index (χ4v) is 12.6. The van der Waals surface area contributed by atoms with Crippen molar-refractivity contribution in [3.63, 3.8) is 0 Å². The van der Waals surface area contributed by atoms with Crippen LogP contribution in [-0.4, -0.2) is 12.3 Å². The van der Waals surface area contributed by atoms with E-state index in [1.54, 1.807) is 0 Å². The van der Waals surface area contributed by atoms with Crippen molar-refractivity contribution in [1.82, 2.24) is 0 Å². The van der Waals surface area contributed by atoms with Crippen molar-refractivity contribution in [3.05, 3.63) is 301 Å². The van der Waals surface area contributed by atoms with Crippen molar-refractivity contribution in [3.8, 4) is 22.3 Å². The molecule has 0 saturated heterocycles. The minimum atomic E-state index is -0.142. The molecule has 1 aliphatic heterocycles. The second kappa shape index (κ2) is 20.2. The molecule has 2 aromatic heterocycles. The molecule has 0 spiro atoms. The highest BCUT2D eigenvalue weighted by Gasteiger charge is 2.32. The maximum absolute atomic E-state index is 7.77. The number of furan rings is 2. The molecule has 0 amide bonds. The highest BCUT2D eigenvalue weighted by atomic mass is 16.3. The van der Waals surface area contributed by atoms with Gasteiger partial charge in [-0.3, -0.25) is 0 Å². The van der Waals surface area contributed by atoms with Gasteiger partial charge in [0.05, 0.1) is 22.8 Å². The molecule has 1 aliphatic rings. The normalized spacial score (nSPS) is 13.0. The van der Waals surface area contributed by atoms with E-state index in [4.69, 9.17) is 13.8 Å². The van der Waals surface area contributed by atoms with Crippen molar-refractivity contribution in [2.75, 3.05) is 16.3 Å². The molecule has 0 fully saturated rings. The molecule has 0 saturated carbocycles. The third-order valence-electron chi connectivity index (χ3n) is 16.4. The number of aliphatic imine (C=N–C) groups is 1. The first-order chi connectivity index (χ1) is 40.8. The van der Waals surface area contributed by atoms with Gasteiger partial charge in [-0.15, -0.1) is 0 Å². The topological polar surface area (TPSA) is 45.1 Å². The van der Waals surface area contributed by atoms with Gasteiger partial charge in [0, 0.05) is 84.6 Å². The van der Waals surface area contributed by atoms with E-state index >= 15 is 0 Å². The van der Waals surface area contributed by atoms with Gasteiger partial charge in [-0.1, -0.05) is 233 Å². The summed E-state index contributed by atoms with van der Waals surface area (Å²) in [5, 5.41) is 8.20. The quantitative estimate of drug-likeness (QED) is 0.101.